The molecule has 0 aliphatic heterocycles. The lowest BCUT2D eigenvalue weighted by atomic mass is 10.1. The van der Waals surface area contributed by atoms with Crippen LogP contribution in [0.4, 0.5) is 0 Å². The van der Waals surface area contributed by atoms with Crippen molar-refractivity contribution >= 4 is 10.0 Å². The van der Waals surface area contributed by atoms with Crippen LogP contribution in [0.5, 0.6) is 0 Å². The van der Waals surface area contributed by atoms with Crippen LogP contribution in [0.25, 0.3) is 0 Å². The minimum atomic E-state index is -3.75. The summed E-state index contributed by atoms with van der Waals surface area (Å²) in [5.74, 6) is 0.288. The van der Waals surface area contributed by atoms with Gasteiger partial charge in [0.05, 0.1) is 12.6 Å². The second-order valence-electron chi connectivity index (χ2n) is 4.45. The quantitative estimate of drug-likeness (QED) is 0.818. The highest BCUT2D eigenvalue weighted by Crippen LogP contribution is 2.20. The summed E-state index contributed by atoms with van der Waals surface area (Å²) in [6, 6.07) is 3.20. The Balaban J connectivity index is 2.10. The van der Waals surface area contributed by atoms with E-state index in [1.165, 1.54) is 30.3 Å². The molecule has 0 spiro atoms. The second kappa shape index (κ2) is 4.80. The van der Waals surface area contributed by atoms with Gasteiger partial charge in [0.1, 0.15) is 11.4 Å². The Morgan fingerprint density at radius 2 is 2.32 bits per heavy atom. The number of nitrogens with zero attached hydrogens (tertiary/aromatic N) is 2. The third-order valence-electron chi connectivity index (χ3n) is 2.61. The van der Waals surface area contributed by atoms with E-state index in [2.05, 4.69) is 9.71 Å². The summed E-state index contributed by atoms with van der Waals surface area (Å²) in [6.45, 7) is 1.26. The maximum absolute atomic E-state index is 11.9. The van der Waals surface area contributed by atoms with Crippen molar-refractivity contribution in [3.8, 4) is 0 Å². The van der Waals surface area contributed by atoms with Crippen LogP contribution in [0.15, 0.2) is 40.4 Å². The number of sulfonamides is 1. The lowest BCUT2D eigenvalue weighted by Crippen LogP contribution is -2.38. The molecule has 0 aliphatic rings. The van der Waals surface area contributed by atoms with Gasteiger partial charge >= 0.3 is 0 Å². The van der Waals surface area contributed by atoms with Crippen LogP contribution >= 0.6 is 0 Å². The fraction of sp³-hybridized carbons (Fsp3) is 0.364. The molecule has 8 heteroatoms. The maximum Gasteiger partial charge on any atom is 0.259 e. The van der Waals surface area contributed by atoms with Crippen LogP contribution in [0, 0.1) is 0 Å². The summed E-state index contributed by atoms with van der Waals surface area (Å²) < 4.78 is 32.8. The lowest BCUT2D eigenvalue weighted by Gasteiger charge is -2.20. The maximum atomic E-state index is 11.9. The zero-order valence-corrected chi connectivity index (χ0v) is 11.4. The lowest BCUT2D eigenvalue weighted by molar-refractivity contribution is 0.0395. The molecule has 2 aromatic rings. The summed E-state index contributed by atoms with van der Waals surface area (Å²) in [4.78, 5) is 3.76. The first-order chi connectivity index (χ1) is 8.81. The van der Waals surface area contributed by atoms with E-state index in [-0.39, 0.29) is 17.3 Å². The number of rotatable bonds is 5. The minimum Gasteiger partial charge on any atom is -0.466 e. The fourth-order valence-corrected chi connectivity index (χ4v) is 2.62. The van der Waals surface area contributed by atoms with Crippen molar-refractivity contribution in [1.29, 1.82) is 0 Å². The molecule has 104 valence electrons. The smallest absolute Gasteiger partial charge is 0.259 e. The zero-order chi connectivity index (χ0) is 14.1. The monoisotopic (exact) mass is 285 g/mol. The number of aryl methyl sites for hydroxylation is 1. The van der Waals surface area contributed by atoms with Crippen molar-refractivity contribution in [2.24, 2.45) is 7.05 Å². The molecule has 2 rings (SSSR count). The van der Waals surface area contributed by atoms with Crippen LogP contribution in [-0.4, -0.2) is 29.6 Å². The van der Waals surface area contributed by atoms with E-state index in [1.54, 1.807) is 19.2 Å². The largest absolute Gasteiger partial charge is 0.466 e. The summed E-state index contributed by atoms with van der Waals surface area (Å²) in [7, 11) is -2.08. The molecular formula is C11H15N3O4S. The molecule has 19 heavy (non-hydrogen) atoms. The van der Waals surface area contributed by atoms with Gasteiger partial charge < -0.3 is 14.1 Å². The average Bonchev–Trinajstić information content (AvgIpc) is 2.97. The van der Waals surface area contributed by atoms with Crippen molar-refractivity contribution in [2.45, 2.75) is 17.6 Å². The van der Waals surface area contributed by atoms with E-state index < -0.39 is 15.6 Å². The Kier molecular flexibility index (Phi) is 3.48. The number of aromatic nitrogens is 2. The summed E-state index contributed by atoms with van der Waals surface area (Å²) in [6.07, 6.45) is 4.18. The second-order valence-corrected chi connectivity index (χ2v) is 6.17. The molecule has 1 atom stereocenters. The van der Waals surface area contributed by atoms with Gasteiger partial charge in [-0.15, -0.1) is 0 Å². The Bertz CT molecular complexity index is 643. The number of furan rings is 1. The van der Waals surface area contributed by atoms with E-state index in [9.17, 15) is 13.5 Å². The topological polar surface area (TPSA) is 97.4 Å². The fourth-order valence-electron chi connectivity index (χ4n) is 1.51. The van der Waals surface area contributed by atoms with Gasteiger partial charge in [0.25, 0.3) is 10.0 Å². The summed E-state index contributed by atoms with van der Waals surface area (Å²) >= 11 is 0. The Morgan fingerprint density at radius 1 is 1.58 bits per heavy atom. The van der Waals surface area contributed by atoms with Crippen LogP contribution in [0.2, 0.25) is 0 Å². The van der Waals surface area contributed by atoms with Gasteiger partial charge in [0, 0.05) is 19.8 Å². The third-order valence-corrected chi connectivity index (χ3v) is 3.90. The van der Waals surface area contributed by atoms with E-state index in [4.69, 9.17) is 4.42 Å². The molecule has 0 aromatic carbocycles. The van der Waals surface area contributed by atoms with Gasteiger partial charge in [-0.05, 0) is 19.1 Å². The first-order valence-electron chi connectivity index (χ1n) is 5.55. The number of hydrogen-bond acceptors (Lipinski definition) is 5. The van der Waals surface area contributed by atoms with Crippen molar-refractivity contribution in [3.05, 3.63) is 36.7 Å². The predicted octanol–water partition coefficient (Wildman–Crippen LogP) is 0.199. The van der Waals surface area contributed by atoms with Crippen LogP contribution < -0.4 is 4.72 Å². The van der Waals surface area contributed by atoms with Crippen molar-refractivity contribution in [1.82, 2.24) is 14.3 Å². The zero-order valence-electron chi connectivity index (χ0n) is 10.6. The minimum absolute atomic E-state index is 0.0924. The van der Waals surface area contributed by atoms with Crippen molar-refractivity contribution < 1.29 is 17.9 Å². The SMILES string of the molecule is Cn1cnc(S(=O)(=O)NC[C@@](C)(O)c2ccco2)c1. The van der Waals surface area contributed by atoms with Gasteiger partial charge in [-0.3, -0.25) is 0 Å². The molecule has 2 N–H and O–H groups in total. The number of nitrogens with one attached hydrogen (secondary N) is 1. The first kappa shape index (κ1) is 13.8. The highest BCUT2D eigenvalue weighted by molar-refractivity contribution is 7.89. The highest BCUT2D eigenvalue weighted by atomic mass is 32.2. The van der Waals surface area contributed by atoms with Crippen LogP contribution in [-0.2, 0) is 22.7 Å². The molecule has 2 aromatic heterocycles. The molecular weight excluding hydrogens is 270 g/mol. The van der Waals surface area contributed by atoms with E-state index in [0.717, 1.165) is 0 Å². The average molecular weight is 285 g/mol. The Hall–Kier alpha value is -1.64. The molecule has 7 nitrogen and oxygen atoms in total. The van der Waals surface area contributed by atoms with Gasteiger partial charge in [-0.2, -0.15) is 0 Å². The molecule has 0 unspecified atom stereocenters. The molecule has 0 saturated carbocycles. The standard InChI is InChI=1S/C11H15N3O4S/c1-11(15,9-4-3-5-18-9)7-13-19(16,17)10-6-14(2)8-12-10/h3-6,8,13,15H,7H2,1-2H3/t11-/m1/s1. The first-order valence-corrected chi connectivity index (χ1v) is 7.03. The normalized spacial score (nSPS) is 15.3. The van der Waals surface area contributed by atoms with Crippen molar-refractivity contribution in [2.75, 3.05) is 6.54 Å². The van der Waals surface area contributed by atoms with Crippen LogP contribution in [0.1, 0.15) is 12.7 Å². The van der Waals surface area contributed by atoms with Gasteiger partial charge in [0.2, 0.25) is 0 Å². The van der Waals surface area contributed by atoms with E-state index >= 15 is 0 Å². The number of imidazole rings is 1. The summed E-state index contributed by atoms with van der Waals surface area (Å²) in [5.41, 5.74) is -1.43. The summed E-state index contributed by atoms with van der Waals surface area (Å²) in [5, 5.41) is 10.1. The third kappa shape index (κ3) is 3.03. The van der Waals surface area contributed by atoms with Gasteiger partial charge in [-0.25, -0.2) is 18.1 Å². The van der Waals surface area contributed by atoms with Crippen LogP contribution in [0.3, 0.4) is 0 Å². The van der Waals surface area contributed by atoms with Gasteiger partial charge in [0.15, 0.2) is 5.03 Å². The predicted molar refractivity (Wildman–Crippen MR) is 66.7 cm³/mol. The molecule has 0 fully saturated rings. The van der Waals surface area contributed by atoms with Crippen molar-refractivity contribution in [3.63, 3.8) is 0 Å². The van der Waals surface area contributed by atoms with E-state index in [1.807, 2.05) is 0 Å². The van der Waals surface area contributed by atoms with Gasteiger partial charge in [-0.1, -0.05) is 0 Å². The number of hydrogen-bond donors (Lipinski definition) is 2. The molecule has 0 bridgehead atoms. The van der Waals surface area contributed by atoms with E-state index in [0.29, 0.717) is 0 Å². The molecule has 2 heterocycles. The number of aliphatic hydroxyl groups is 1. The molecule has 0 aliphatic carbocycles. The molecule has 0 radical (unpaired) electrons. The molecule has 0 amide bonds. The highest BCUT2D eigenvalue weighted by Gasteiger charge is 2.29. The molecule has 0 saturated heterocycles. The Labute approximate surface area is 110 Å². The Morgan fingerprint density at radius 3 is 2.84 bits per heavy atom.